The van der Waals surface area contributed by atoms with Gasteiger partial charge in [0.05, 0.1) is 39.5 Å². The van der Waals surface area contributed by atoms with Crippen molar-refractivity contribution in [2.45, 2.75) is 38.1 Å². The zero-order chi connectivity index (χ0) is 25.1. The Balaban J connectivity index is 1.94. The van der Waals surface area contributed by atoms with Crippen LogP contribution in [0.2, 0.25) is 5.02 Å². The zero-order valence-electron chi connectivity index (χ0n) is 20.5. The lowest BCUT2D eigenvalue weighted by molar-refractivity contribution is 0.325. The quantitative estimate of drug-likeness (QED) is 0.569. The molecule has 0 saturated carbocycles. The van der Waals surface area contributed by atoms with Gasteiger partial charge in [-0.05, 0) is 73.1 Å². The predicted molar refractivity (Wildman–Crippen MR) is 142 cm³/mol. The average Bonchev–Trinajstić information content (AvgIpc) is 3.13. The molecule has 0 spiro atoms. The summed E-state index contributed by atoms with van der Waals surface area (Å²) in [5.41, 5.74) is 3.04. The van der Waals surface area contributed by atoms with E-state index < -0.39 is 0 Å². The standard InChI is InChI=1S/C26H31ClN2O5S/c1-31-20-11-9-15-17(14-19(20)30)18(28-26(35)29-12-6-5-7-13-29)10-8-16-21(15)23(32-2)25(34-4)24(33-3)22(16)27/h9,11,14,18H,5-8,10,12-13H2,1-4H3,(H,28,35)/t18-/m0/s1. The molecule has 0 unspecified atom stereocenters. The van der Waals surface area contributed by atoms with Crippen molar-refractivity contribution >= 4 is 28.9 Å². The summed E-state index contributed by atoms with van der Waals surface area (Å²) in [4.78, 5) is 15.2. The fourth-order valence-corrected chi connectivity index (χ4v) is 5.70. The molecule has 2 aliphatic rings. The largest absolute Gasteiger partial charge is 0.493 e. The van der Waals surface area contributed by atoms with Crippen molar-refractivity contribution in [1.82, 2.24) is 10.2 Å². The maximum absolute atomic E-state index is 13.0. The molecule has 2 aromatic rings. The molecular weight excluding hydrogens is 488 g/mol. The molecule has 9 heteroatoms. The molecule has 35 heavy (non-hydrogen) atoms. The van der Waals surface area contributed by atoms with Crippen LogP contribution in [-0.4, -0.2) is 51.5 Å². The minimum absolute atomic E-state index is 0.210. The molecule has 7 nitrogen and oxygen atoms in total. The highest BCUT2D eigenvalue weighted by Gasteiger charge is 2.32. The number of hydrogen-bond donors (Lipinski definition) is 1. The number of thiocarbonyl (C=S) groups is 1. The Hall–Kier alpha value is -2.71. The summed E-state index contributed by atoms with van der Waals surface area (Å²) in [5.74, 6) is 1.58. The van der Waals surface area contributed by atoms with Crippen molar-refractivity contribution in [2.24, 2.45) is 0 Å². The number of methoxy groups -OCH3 is 4. The maximum atomic E-state index is 13.0. The van der Waals surface area contributed by atoms with Gasteiger partial charge in [0.2, 0.25) is 11.2 Å². The third-order valence-corrected chi connectivity index (χ3v) is 7.52. The van der Waals surface area contributed by atoms with Crippen LogP contribution in [0.5, 0.6) is 23.0 Å². The van der Waals surface area contributed by atoms with Crippen LogP contribution in [0.15, 0.2) is 23.0 Å². The molecule has 0 radical (unpaired) electrons. The van der Waals surface area contributed by atoms with E-state index in [-0.39, 0.29) is 17.2 Å². The van der Waals surface area contributed by atoms with E-state index in [1.54, 1.807) is 33.5 Å². The van der Waals surface area contributed by atoms with E-state index in [0.717, 1.165) is 48.2 Å². The first-order valence-electron chi connectivity index (χ1n) is 11.7. The Morgan fingerprint density at radius 2 is 1.69 bits per heavy atom. The second-order valence-corrected chi connectivity index (χ2v) is 9.40. The predicted octanol–water partition coefficient (Wildman–Crippen LogP) is 4.75. The van der Waals surface area contributed by atoms with Crippen LogP contribution in [0.25, 0.3) is 11.1 Å². The highest BCUT2D eigenvalue weighted by Crippen LogP contribution is 2.54. The molecular formula is C26H31ClN2O5S. The summed E-state index contributed by atoms with van der Waals surface area (Å²) in [6.45, 7) is 1.87. The molecule has 2 aromatic carbocycles. The number of ether oxygens (including phenoxy) is 4. The fraction of sp³-hybridized carbons (Fsp3) is 0.462. The molecule has 1 fully saturated rings. The minimum Gasteiger partial charge on any atom is -0.493 e. The van der Waals surface area contributed by atoms with Gasteiger partial charge in [-0.25, -0.2) is 0 Å². The summed E-state index contributed by atoms with van der Waals surface area (Å²) < 4.78 is 22.5. The van der Waals surface area contributed by atoms with Gasteiger partial charge >= 0.3 is 0 Å². The number of benzene rings is 1. The van der Waals surface area contributed by atoms with Gasteiger partial charge in [-0.15, -0.1) is 0 Å². The molecule has 1 aliphatic carbocycles. The molecule has 0 amide bonds. The molecule has 0 bridgehead atoms. The molecule has 1 N–H and O–H groups in total. The number of piperidine rings is 1. The van der Waals surface area contributed by atoms with Gasteiger partial charge < -0.3 is 29.2 Å². The smallest absolute Gasteiger partial charge is 0.220 e. The molecule has 1 saturated heterocycles. The van der Waals surface area contributed by atoms with E-state index >= 15 is 0 Å². The van der Waals surface area contributed by atoms with Gasteiger partial charge in [0, 0.05) is 18.7 Å². The lowest BCUT2D eigenvalue weighted by Gasteiger charge is -2.32. The van der Waals surface area contributed by atoms with Crippen molar-refractivity contribution in [3.05, 3.63) is 44.6 Å². The van der Waals surface area contributed by atoms with Gasteiger partial charge in [-0.3, -0.25) is 4.79 Å². The van der Waals surface area contributed by atoms with E-state index in [2.05, 4.69) is 10.2 Å². The summed E-state index contributed by atoms with van der Waals surface area (Å²) in [5, 5.41) is 4.71. The van der Waals surface area contributed by atoms with Crippen molar-refractivity contribution < 1.29 is 18.9 Å². The number of nitrogens with zero attached hydrogens (tertiary/aromatic N) is 1. The van der Waals surface area contributed by atoms with E-state index in [1.807, 2.05) is 6.07 Å². The number of hydrogen-bond acceptors (Lipinski definition) is 6. The topological polar surface area (TPSA) is 69.3 Å². The van der Waals surface area contributed by atoms with Crippen LogP contribution in [-0.2, 0) is 6.42 Å². The van der Waals surface area contributed by atoms with Crippen LogP contribution < -0.4 is 29.7 Å². The van der Waals surface area contributed by atoms with Crippen LogP contribution in [0.1, 0.15) is 42.9 Å². The van der Waals surface area contributed by atoms with E-state index in [4.69, 9.17) is 42.8 Å². The van der Waals surface area contributed by atoms with Crippen LogP contribution in [0.4, 0.5) is 0 Å². The number of fused-ring (bicyclic) bond motifs is 3. The fourth-order valence-electron chi connectivity index (χ4n) is 5.03. The Morgan fingerprint density at radius 1 is 1.00 bits per heavy atom. The number of halogens is 1. The third-order valence-electron chi connectivity index (χ3n) is 6.75. The van der Waals surface area contributed by atoms with Gasteiger partial charge in [-0.2, -0.15) is 0 Å². The van der Waals surface area contributed by atoms with Crippen LogP contribution >= 0.6 is 23.8 Å². The Labute approximate surface area is 216 Å². The average molecular weight is 519 g/mol. The van der Waals surface area contributed by atoms with Crippen molar-refractivity contribution in [1.29, 1.82) is 0 Å². The van der Waals surface area contributed by atoms with Gasteiger partial charge in [0.15, 0.2) is 22.4 Å². The minimum atomic E-state index is -0.214. The van der Waals surface area contributed by atoms with Crippen molar-refractivity contribution in [2.75, 3.05) is 41.5 Å². The summed E-state index contributed by atoms with van der Waals surface area (Å²) in [6.07, 6.45) is 4.75. The highest BCUT2D eigenvalue weighted by atomic mass is 35.5. The lowest BCUT2D eigenvalue weighted by atomic mass is 9.95. The summed E-state index contributed by atoms with van der Waals surface area (Å²) in [6, 6.07) is 4.97. The van der Waals surface area contributed by atoms with Crippen molar-refractivity contribution in [3.63, 3.8) is 0 Å². The Kier molecular flexibility index (Phi) is 7.91. The molecule has 1 aliphatic heterocycles. The Bertz CT molecular complexity index is 1180. The van der Waals surface area contributed by atoms with E-state index in [9.17, 15) is 4.79 Å². The maximum Gasteiger partial charge on any atom is 0.220 e. The molecule has 1 atom stereocenters. The monoisotopic (exact) mass is 518 g/mol. The summed E-state index contributed by atoms with van der Waals surface area (Å²) >= 11 is 12.7. The van der Waals surface area contributed by atoms with E-state index in [0.29, 0.717) is 40.2 Å². The number of likely N-dealkylation sites (tertiary alicyclic amines) is 1. The Morgan fingerprint density at radius 3 is 2.31 bits per heavy atom. The third kappa shape index (κ3) is 4.74. The SMILES string of the molecule is COc1c(Cl)c2c(c(OC)c1OC)-c1ccc(OC)c(=O)cc1[C@@H](NC(=S)N1CCCCC1)CC2. The zero-order valence-corrected chi connectivity index (χ0v) is 22.1. The summed E-state index contributed by atoms with van der Waals surface area (Å²) in [7, 11) is 6.17. The molecule has 188 valence electrons. The van der Waals surface area contributed by atoms with Crippen LogP contribution in [0.3, 0.4) is 0 Å². The number of nitrogens with one attached hydrogen (secondary N) is 1. The molecule has 4 rings (SSSR count). The molecule has 0 aromatic heterocycles. The first kappa shape index (κ1) is 25.4. The first-order valence-corrected chi connectivity index (χ1v) is 12.5. The first-order chi connectivity index (χ1) is 16.9. The molecule has 1 heterocycles. The second kappa shape index (κ2) is 10.9. The highest BCUT2D eigenvalue weighted by molar-refractivity contribution is 7.80. The van der Waals surface area contributed by atoms with Gasteiger partial charge in [0.1, 0.15) is 0 Å². The van der Waals surface area contributed by atoms with Crippen molar-refractivity contribution in [3.8, 4) is 34.1 Å². The normalized spacial score (nSPS) is 16.9. The van der Waals surface area contributed by atoms with Gasteiger partial charge in [0.25, 0.3) is 0 Å². The van der Waals surface area contributed by atoms with Gasteiger partial charge in [-0.1, -0.05) is 17.7 Å². The number of rotatable bonds is 5. The second-order valence-electron chi connectivity index (χ2n) is 8.64. The van der Waals surface area contributed by atoms with Crippen LogP contribution in [0, 0.1) is 0 Å². The lowest BCUT2D eigenvalue weighted by Crippen LogP contribution is -2.44. The van der Waals surface area contributed by atoms with E-state index in [1.165, 1.54) is 13.5 Å².